The summed E-state index contributed by atoms with van der Waals surface area (Å²) >= 11 is 0. The van der Waals surface area contributed by atoms with Gasteiger partial charge in [-0.25, -0.2) is 0 Å². The van der Waals surface area contributed by atoms with Crippen LogP contribution in [-0.4, -0.2) is 5.78 Å². The van der Waals surface area contributed by atoms with Gasteiger partial charge in [0.1, 0.15) is 0 Å². The van der Waals surface area contributed by atoms with Gasteiger partial charge in [0, 0.05) is 5.57 Å². The molecule has 0 radical (unpaired) electrons. The molecule has 0 saturated heterocycles. The van der Waals surface area contributed by atoms with Crippen LogP contribution in [0.15, 0.2) is 97.1 Å². The highest BCUT2D eigenvalue weighted by atomic mass is 16.1. The third kappa shape index (κ3) is 4.17. The molecular formula is C23H18O. The molecule has 3 rings (SSSR count). The van der Waals surface area contributed by atoms with Gasteiger partial charge >= 0.3 is 0 Å². The van der Waals surface area contributed by atoms with Gasteiger partial charge in [-0.15, -0.1) is 0 Å². The van der Waals surface area contributed by atoms with Crippen LogP contribution in [0.5, 0.6) is 0 Å². The van der Waals surface area contributed by atoms with E-state index in [-0.39, 0.29) is 5.78 Å². The summed E-state index contributed by atoms with van der Waals surface area (Å²) in [6.07, 6.45) is 5.42. The van der Waals surface area contributed by atoms with Crippen molar-refractivity contribution in [1.29, 1.82) is 0 Å². The molecule has 0 aliphatic heterocycles. The van der Waals surface area contributed by atoms with Crippen molar-refractivity contribution in [3.63, 3.8) is 0 Å². The number of carbonyl (C=O) groups is 1. The van der Waals surface area contributed by atoms with Crippen molar-refractivity contribution >= 4 is 23.5 Å². The minimum atomic E-state index is -0.00564. The van der Waals surface area contributed by atoms with E-state index in [1.165, 1.54) is 0 Å². The second-order valence-corrected chi connectivity index (χ2v) is 5.44. The maximum atomic E-state index is 12.8. The second kappa shape index (κ2) is 7.89. The number of carbonyl (C=O) groups excluding carboxylic acids is 1. The van der Waals surface area contributed by atoms with Gasteiger partial charge in [0.25, 0.3) is 0 Å². The Bertz CT molecular complexity index is 844. The van der Waals surface area contributed by atoms with Gasteiger partial charge in [0.15, 0.2) is 5.78 Å². The summed E-state index contributed by atoms with van der Waals surface area (Å²) < 4.78 is 0. The van der Waals surface area contributed by atoms with Crippen molar-refractivity contribution in [3.05, 3.63) is 114 Å². The van der Waals surface area contributed by atoms with Crippen LogP contribution in [0.25, 0.3) is 17.7 Å². The van der Waals surface area contributed by atoms with Gasteiger partial charge < -0.3 is 0 Å². The van der Waals surface area contributed by atoms with E-state index in [0.717, 1.165) is 16.7 Å². The van der Waals surface area contributed by atoms with E-state index in [4.69, 9.17) is 0 Å². The molecule has 0 aliphatic carbocycles. The van der Waals surface area contributed by atoms with Crippen molar-refractivity contribution in [2.45, 2.75) is 0 Å². The third-order valence-corrected chi connectivity index (χ3v) is 3.69. The zero-order valence-electron chi connectivity index (χ0n) is 13.3. The normalized spacial score (nSPS) is 11.6. The van der Waals surface area contributed by atoms with Crippen LogP contribution in [0.2, 0.25) is 0 Å². The molecule has 1 nitrogen and oxygen atoms in total. The zero-order chi connectivity index (χ0) is 16.6. The van der Waals surface area contributed by atoms with E-state index in [2.05, 4.69) is 0 Å². The molecule has 0 N–H and O–H groups in total. The lowest BCUT2D eigenvalue weighted by Crippen LogP contribution is -1.98. The molecule has 24 heavy (non-hydrogen) atoms. The molecule has 0 aromatic heterocycles. The molecule has 3 aromatic carbocycles. The van der Waals surface area contributed by atoms with E-state index >= 15 is 0 Å². The molecule has 0 spiro atoms. The summed E-state index contributed by atoms with van der Waals surface area (Å²) in [6, 6.07) is 29.5. The first-order chi connectivity index (χ1) is 11.8. The van der Waals surface area contributed by atoms with E-state index < -0.39 is 0 Å². The van der Waals surface area contributed by atoms with Crippen molar-refractivity contribution in [2.75, 3.05) is 0 Å². The van der Waals surface area contributed by atoms with Crippen LogP contribution in [0.4, 0.5) is 0 Å². The van der Waals surface area contributed by atoms with Gasteiger partial charge in [-0.3, -0.25) is 4.79 Å². The lowest BCUT2D eigenvalue weighted by atomic mass is 9.98. The van der Waals surface area contributed by atoms with Crippen LogP contribution < -0.4 is 0 Å². The summed E-state index contributed by atoms with van der Waals surface area (Å²) in [7, 11) is 0. The van der Waals surface area contributed by atoms with E-state index in [9.17, 15) is 4.79 Å². The van der Waals surface area contributed by atoms with Crippen LogP contribution >= 0.6 is 0 Å². The first-order valence-corrected chi connectivity index (χ1v) is 7.92. The minimum Gasteiger partial charge on any atom is -0.289 e. The maximum absolute atomic E-state index is 12.8. The highest BCUT2D eigenvalue weighted by molar-refractivity contribution is 6.30. The molecule has 0 aliphatic rings. The fourth-order valence-corrected chi connectivity index (χ4v) is 2.46. The first kappa shape index (κ1) is 15.7. The smallest absolute Gasteiger partial charge is 0.186 e. The Hall–Kier alpha value is -3.19. The van der Waals surface area contributed by atoms with Gasteiger partial charge in [-0.05, 0) is 28.8 Å². The Kier molecular flexibility index (Phi) is 5.16. The fraction of sp³-hybridized carbons (Fsp3) is 0. The topological polar surface area (TPSA) is 17.1 Å². The third-order valence-electron chi connectivity index (χ3n) is 3.69. The Morgan fingerprint density at radius 1 is 0.625 bits per heavy atom. The maximum Gasteiger partial charge on any atom is 0.186 e. The molecule has 1 heteroatoms. The molecule has 0 saturated carbocycles. The average Bonchev–Trinajstić information content (AvgIpc) is 2.66. The Labute approximate surface area is 142 Å². The van der Waals surface area contributed by atoms with Gasteiger partial charge in [0.2, 0.25) is 0 Å². The highest BCUT2D eigenvalue weighted by Crippen LogP contribution is 2.20. The molecule has 0 atom stereocenters. The van der Waals surface area contributed by atoms with Crippen LogP contribution in [0.3, 0.4) is 0 Å². The van der Waals surface area contributed by atoms with Crippen molar-refractivity contribution in [3.8, 4) is 0 Å². The van der Waals surface area contributed by atoms with Crippen LogP contribution in [-0.2, 0) is 4.79 Å². The largest absolute Gasteiger partial charge is 0.289 e. The first-order valence-electron chi connectivity index (χ1n) is 7.92. The average molecular weight is 310 g/mol. The standard InChI is InChI=1S/C23H18O/c24-23(17-16-19-10-4-1-5-11-19)22(21-14-8-3-9-15-21)18-20-12-6-2-7-13-20/h1-18H/b17-16+,22-18-. The SMILES string of the molecule is O=C(/C=C/c1ccccc1)/C(=C\c1ccccc1)c1ccccc1. The Balaban J connectivity index is 1.94. The van der Waals surface area contributed by atoms with E-state index in [1.807, 2.05) is 103 Å². The van der Waals surface area contributed by atoms with E-state index in [1.54, 1.807) is 6.08 Å². The van der Waals surface area contributed by atoms with Crippen molar-refractivity contribution in [2.24, 2.45) is 0 Å². The Morgan fingerprint density at radius 3 is 1.71 bits per heavy atom. The molecule has 0 fully saturated rings. The summed E-state index contributed by atoms with van der Waals surface area (Å²) in [5, 5.41) is 0. The summed E-state index contributed by atoms with van der Waals surface area (Å²) in [5.41, 5.74) is 3.63. The van der Waals surface area contributed by atoms with Crippen molar-refractivity contribution < 1.29 is 4.79 Å². The molecule has 0 bridgehead atoms. The number of ketones is 1. The predicted octanol–water partition coefficient (Wildman–Crippen LogP) is 5.51. The van der Waals surface area contributed by atoms with Crippen LogP contribution in [0, 0.1) is 0 Å². The number of hydrogen-bond donors (Lipinski definition) is 0. The number of allylic oxidation sites excluding steroid dienone is 2. The Morgan fingerprint density at radius 2 is 1.12 bits per heavy atom. The number of rotatable bonds is 5. The van der Waals surface area contributed by atoms with Crippen LogP contribution in [0.1, 0.15) is 16.7 Å². The molecule has 116 valence electrons. The van der Waals surface area contributed by atoms with Gasteiger partial charge in [0.05, 0.1) is 0 Å². The number of hydrogen-bond acceptors (Lipinski definition) is 1. The highest BCUT2D eigenvalue weighted by Gasteiger charge is 2.09. The number of benzene rings is 3. The molecule has 0 amide bonds. The van der Waals surface area contributed by atoms with Crippen molar-refractivity contribution in [1.82, 2.24) is 0 Å². The predicted molar refractivity (Wildman–Crippen MR) is 101 cm³/mol. The van der Waals surface area contributed by atoms with Gasteiger partial charge in [-0.2, -0.15) is 0 Å². The lowest BCUT2D eigenvalue weighted by Gasteiger charge is -2.05. The zero-order valence-corrected chi connectivity index (χ0v) is 13.3. The molecule has 0 unspecified atom stereocenters. The molecular weight excluding hydrogens is 292 g/mol. The monoisotopic (exact) mass is 310 g/mol. The molecule has 0 heterocycles. The minimum absolute atomic E-state index is 0.00564. The lowest BCUT2D eigenvalue weighted by molar-refractivity contribution is -0.109. The second-order valence-electron chi connectivity index (χ2n) is 5.44. The summed E-state index contributed by atoms with van der Waals surface area (Å²) in [4.78, 5) is 12.8. The van der Waals surface area contributed by atoms with E-state index in [0.29, 0.717) is 5.57 Å². The summed E-state index contributed by atoms with van der Waals surface area (Å²) in [6.45, 7) is 0. The molecule has 3 aromatic rings. The fourth-order valence-electron chi connectivity index (χ4n) is 2.46. The summed E-state index contributed by atoms with van der Waals surface area (Å²) in [5.74, 6) is -0.00564. The quantitative estimate of drug-likeness (QED) is 0.448. The van der Waals surface area contributed by atoms with Gasteiger partial charge in [-0.1, -0.05) is 97.1 Å².